The summed E-state index contributed by atoms with van der Waals surface area (Å²) in [6.45, 7) is 7.93. The molecule has 8 heteroatoms. The zero-order valence-electron chi connectivity index (χ0n) is 16.2. The summed E-state index contributed by atoms with van der Waals surface area (Å²) < 4.78 is 5.00. The molecule has 1 amide bonds. The first kappa shape index (κ1) is 20.8. The molecule has 0 spiro atoms. The van der Waals surface area contributed by atoms with E-state index in [1.54, 1.807) is 6.07 Å². The Hall–Kier alpha value is -2.48. The standard InChI is InChI=1S/C19H27N3O5/c1-18(2)10-14(11-19(3,4)21-18)20-16(23)12-27-17(24)9-13-7-5-6-8-15(13)22(25)26/h5-8,14,21H,9-12H2,1-4H3,(H,20,23). The molecule has 1 fully saturated rings. The van der Waals surface area contributed by atoms with Gasteiger partial charge in [-0.05, 0) is 40.5 Å². The maximum absolute atomic E-state index is 12.1. The van der Waals surface area contributed by atoms with E-state index in [1.165, 1.54) is 18.2 Å². The van der Waals surface area contributed by atoms with Crippen molar-refractivity contribution in [2.24, 2.45) is 0 Å². The highest BCUT2D eigenvalue weighted by atomic mass is 16.6. The monoisotopic (exact) mass is 377 g/mol. The number of amides is 1. The Kier molecular flexibility index (Phi) is 6.20. The fourth-order valence-corrected chi connectivity index (χ4v) is 3.88. The molecule has 27 heavy (non-hydrogen) atoms. The summed E-state index contributed by atoms with van der Waals surface area (Å²) in [5, 5.41) is 17.4. The van der Waals surface area contributed by atoms with Crippen molar-refractivity contribution < 1.29 is 19.2 Å². The number of nitro benzene ring substituents is 1. The molecule has 148 valence electrons. The third kappa shape index (κ3) is 6.32. The first-order valence-corrected chi connectivity index (χ1v) is 8.94. The lowest BCUT2D eigenvalue weighted by Gasteiger charge is -2.46. The van der Waals surface area contributed by atoms with E-state index in [4.69, 9.17) is 4.74 Å². The van der Waals surface area contributed by atoms with Crippen LogP contribution < -0.4 is 10.6 Å². The molecule has 1 heterocycles. The van der Waals surface area contributed by atoms with Crippen molar-refractivity contribution >= 4 is 17.6 Å². The van der Waals surface area contributed by atoms with Crippen LogP contribution in [0.5, 0.6) is 0 Å². The average Bonchev–Trinajstić information content (AvgIpc) is 2.50. The number of benzene rings is 1. The molecule has 0 saturated carbocycles. The van der Waals surface area contributed by atoms with Crippen molar-refractivity contribution in [1.82, 2.24) is 10.6 Å². The zero-order valence-corrected chi connectivity index (χ0v) is 16.2. The van der Waals surface area contributed by atoms with Gasteiger partial charge in [0.25, 0.3) is 11.6 Å². The number of nitrogens with zero attached hydrogens (tertiary/aromatic N) is 1. The van der Waals surface area contributed by atoms with E-state index in [2.05, 4.69) is 38.3 Å². The maximum Gasteiger partial charge on any atom is 0.311 e. The summed E-state index contributed by atoms with van der Waals surface area (Å²) in [5.41, 5.74) is -0.0987. The Bertz CT molecular complexity index is 714. The number of rotatable bonds is 6. The molecule has 0 atom stereocenters. The number of hydrogen-bond acceptors (Lipinski definition) is 6. The lowest BCUT2D eigenvalue weighted by molar-refractivity contribution is -0.385. The van der Waals surface area contributed by atoms with E-state index in [9.17, 15) is 19.7 Å². The van der Waals surface area contributed by atoms with Gasteiger partial charge in [-0.25, -0.2) is 0 Å². The molecule has 0 unspecified atom stereocenters. The topological polar surface area (TPSA) is 111 Å². The van der Waals surface area contributed by atoms with Crippen molar-refractivity contribution in [2.75, 3.05) is 6.61 Å². The van der Waals surface area contributed by atoms with Crippen molar-refractivity contribution in [1.29, 1.82) is 0 Å². The van der Waals surface area contributed by atoms with Crippen LogP contribution in [0.25, 0.3) is 0 Å². The summed E-state index contributed by atoms with van der Waals surface area (Å²) in [7, 11) is 0. The molecule has 1 aliphatic heterocycles. The maximum atomic E-state index is 12.1. The van der Waals surface area contributed by atoms with Gasteiger partial charge in [-0.1, -0.05) is 18.2 Å². The second kappa shape index (κ2) is 8.04. The lowest BCUT2D eigenvalue weighted by atomic mass is 9.79. The number of hydrogen-bond donors (Lipinski definition) is 2. The summed E-state index contributed by atoms with van der Waals surface area (Å²) in [6, 6.07) is 5.96. The van der Waals surface area contributed by atoms with Gasteiger partial charge in [-0.3, -0.25) is 19.7 Å². The van der Waals surface area contributed by atoms with Gasteiger partial charge in [0.2, 0.25) is 0 Å². The molecule has 1 saturated heterocycles. The molecule has 0 aromatic heterocycles. The molecule has 2 N–H and O–H groups in total. The van der Waals surface area contributed by atoms with Gasteiger partial charge in [0, 0.05) is 28.7 Å². The van der Waals surface area contributed by atoms with Crippen LogP contribution in [-0.2, 0) is 20.7 Å². The van der Waals surface area contributed by atoms with Crippen molar-refractivity contribution in [3.63, 3.8) is 0 Å². The fraction of sp³-hybridized carbons (Fsp3) is 0.579. The average molecular weight is 377 g/mol. The highest BCUT2D eigenvalue weighted by molar-refractivity contribution is 5.81. The molecular formula is C19H27N3O5. The van der Waals surface area contributed by atoms with Gasteiger partial charge >= 0.3 is 5.97 Å². The van der Waals surface area contributed by atoms with Crippen LogP contribution >= 0.6 is 0 Å². The van der Waals surface area contributed by atoms with Gasteiger partial charge < -0.3 is 15.4 Å². The third-order valence-electron chi connectivity index (χ3n) is 4.44. The van der Waals surface area contributed by atoms with Crippen LogP contribution in [-0.4, -0.2) is 40.5 Å². The summed E-state index contributed by atoms with van der Waals surface area (Å²) in [4.78, 5) is 34.5. The Balaban J connectivity index is 1.85. The minimum atomic E-state index is -0.676. The van der Waals surface area contributed by atoms with E-state index in [0.29, 0.717) is 0 Å². The van der Waals surface area contributed by atoms with E-state index >= 15 is 0 Å². The highest BCUT2D eigenvalue weighted by Crippen LogP contribution is 2.28. The molecule has 0 bridgehead atoms. The molecule has 1 aliphatic rings. The lowest BCUT2D eigenvalue weighted by Crippen LogP contribution is -2.62. The van der Waals surface area contributed by atoms with Crippen LogP contribution in [0.1, 0.15) is 46.1 Å². The number of esters is 1. The predicted molar refractivity (Wildman–Crippen MR) is 100 cm³/mol. The van der Waals surface area contributed by atoms with Gasteiger partial charge in [0.15, 0.2) is 6.61 Å². The second-order valence-corrected chi connectivity index (χ2v) is 8.29. The molecule has 0 radical (unpaired) electrons. The molecule has 8 nitrogen and oxygen atoms in total. The van der Waals surface area contributed by atoms with Crippen LogP contribution in [0, 0.1) is 10.1 Å². The molecular weight excluding hydrogens is 350 g/mol. The van der Waals surface area contributed by atoms with Gasteiger partial charge in [0.1, 0.15) is 0 Å². The van der Waals surface area contributed by atoms with Crippen LogP contribution in [0.4, 0.5) is 5.69 Å². The van der Waals surface area contributed by atoms with E-state index < -0.39 is 17.5 Å². The summed E-state index contributed by atoms with van der Waals surface area (Å²) in [5.74, 6) is -1.05. The molecule has 0 aliphatic carbocycles. The van der Waals surface area contributed by atoms with Crippen LogP contribution in [0.3, 0.4) is 0 Å². The van der Waals surface area contributed by atoms with Gasteiger partial charge in [-0.15, -0.1) is 0 Å². The Morgan fingerprint density at radius 3 is 2.41 bits per heavy atom. The normalized spacial score (nSPS) is 18.5. The zero-order chi connectivity index (χ0) is 20.2. The quantitative estimate of drug-likeness (QED) is 0.446. The van der Waals surface area contributed by atoms with Crippen molar-refractivity contribution in [3.8, 4) is 0 Å². The van der Waals surface area contributed by atoms with Gasteiger partial charge in [0.05, 0.1) is 11.3 Å². The Morgan fingerprint density at radius 2 is 1.81 bits per heavy atom. The number of piperidine rings is 1. The van der Waals surface area contributed by atoms with Crippen molar-refractivity contribution in [2.45, 2.75) is 64.1 Å². The van der Waals surface area contributed by atoms with Crippen LogP contribution in [0.2, 0.25) is 0 Å². The Labute approximate surface area is 158 Å². The summed E-state index contributed by atoms with van der Waals surface area (Å²) in [6.07, 6.45) is 1.29. The number of carbonyl (C=O) groups is 2. The molecule has 2 rings (SSSR count). The van der Waals surface area contributed by atoms with Gasteiger partial charge in [-0.2, -0.15) is 0 Å². The van der Waals surface area contributed by atoms with E-state index in [-0.39, 0.29) is 40.7 Å². The Morgan fingerprint density at radius 1 is 1.22 bits per heavy atom. The molecule has 1 aromatic rings. The number of ether oxygens (including phenoxy) is 1. The van der Waals surface area contributed by atoms with E-state index in [1.807, 2.05) is 0 Å². The predicted octanol–water partition coefficient (Wildman–Crippen LogP) is 2.11. The molecule has 1 aromatic carbocycles. The SMILES string of the molecule is CC1(C)CC(NC(=O)COC(=O)Cc2ccccc2[N+](=O)[O-])CC(C)(C)N1. The number of para-hydroxylation sites is 1. The second-order valence-electron chi connectivity index (χ2n) is 8.29. The number of carbonyl (C=O) groups excluding carboxylic acids is 2. The minimum Gasteiger partial charge on any atom is -0.455 e. The summed E-state index contributed by atoms with van der Waals surface area (Å²) >= 11 is 0. The largest absolute Gasteiger partial charge is 0.455 e. The first-order chi connectivity index (χ1) is 12.5. The minimum absolute atomic E-state index is 0.0161. The van der Waals surface area contributed by atoms with Crippen LogP contribution in [0.15, 0.2) is 24.3 Å². The number of nitrogens with one attached hydrogen (secondary N) is 2. The fourth-order valence-electron chi connectivity index (χ4n) is 3.88. The third-order valence-corrected chi connectivity index (χ3v) is 4.44. The smallest absolute Gasteiger partial charge is 0.311 e. The first-order valence-electron chi connectivity index (χ1n) is 8.94. The highest BCUT2D eigenvalue weighted by Gasteiger charge is 2.38. The van der Waals surface area contributed by atoms with E-state index in [0.717, 1.165) is 12.8 Å². The van der Waals surface area contributed by atoms with Crippen molar-refractivity contribution in [3.05, 3.63) is 39.9 Å². The number of nitro groups is 1.